The van der Waals surface area contributed by atoms with Crippen molar-refractivity contribution >= 4 is 79.4 Å². The number of azo groups is 2. The minimum Gasteiger partial charge on any atom is -0.859 e. The standard InChI is InChI=1S/2C26H19ClN6O4.Cu/c2*1-37-23-5-3-2-4-16(23)12-17-13-22(15-6-8-18(27)9-7-15)29-31-25(17)32-30-24-20-14-19(33(35)36)10-11-21(20)28-26(24)34;/h2*2-11,13-14,28,34H,12H2,1H3;/q;;+2/p-2. The van der Waals surface area contributed by atoms with Crippen LogP contribution in [-0.4, -0.2) is 54.4 Å². The summed E-state index contributed by atoms with van der Waals surface area (Å²) in [6, 6.07) is 41.3. The summed E-state index contributed by atoms with van der Waals surface area (Å²) in [5.74, 6) is 0.750. The number of fused-ring (bicyclic) bond motifs is 2. The normalized spacial score (nSPS) is 11.1. The van der Waals surface area contributed by atoms with E-state index in [0.29, 0.717) is 78.7 Å². The van der Waals surface area contributed by atoms with E-state index < -0.39 is 21.6 Å². The number of nitrogens with zero attached hydrogens (tertiary/aromatic N) is 10. The topological polar surface area (TPSA) is 283 Å². The third kappa shape index (κ3) is 11.9. The maximum atomic E-state index is 12.5. The molecule has 0 saturated heterocycles. The molecule has 0 spiro atoms. The molecule has 6 aromatic carbocycles. The number of benzene rings is 6. The molecule has 23 heteroatoms. The van der Waals surface area contributed by atoms with Crippen LogP contribution in [0.4, 0.5) is 34.4 Å². The van der Waals surface area contributed by atoms with E-state index >= 15 is 0 Å². The van der Waals surface area contributed by atoms with Gasteiger partial charge in [0, 0.05) is 91.2 Å². The summed E-state index contributed by atoms with van der Waals surface area (Å²) in [6.07, 6.45) is 0.802. The van der Waals surface area contributed by atoms with E-state index in [9.17, 15) is 30.4 Å². The number of ether oxygens (including phenoxy) is 2. The molecular weight excluding hydrogens is 1060 g/mol. The maximum Gasteiger partial charge on any atom is 2.00 e. The number of nitrogens with one attached hydrogen (secondary N) is 2. The van der Waals surface area contributed by atoms with Gasteiger partial charge in [0.2, 0.25) is 0 Å². The fourth-order valence-electron chi connectivity index (χ4n) is 7.81. The predicted octanol–water partition coefficient (Wildman–Crippen LogP) is 12.5. The van der Waals surface area contributed by atoms with Gasteiger partial charge in [-0.15, -0.1) is 40.9 Å². The van der Waals surface area contributed by atoms with E-state index in [2.05, 4.69) is 50.8 Å². The molecule has 0 saturated carbocycles. The quantitative estimate of drug-likeness (QED) is 0.0445. The van der Waals surface area contributed by atoms with Crippen molar-refractivity contribution in [1.82, 2.24) is 30.4 Å². The molecule has 377 valence electrons. The number of methoxy groups -OCH3 is 2. The van der Waals surface area contributed by atoms with Crippen LogP contribution < -0.4 is 19.7 Å². The summed E-state index contributed by atoms with van der Waals surface area (Å²) in [7, 11) is 3.19. The molecule has 0 aliphatic heterocycles. The van der Waals surface area contributed by atoms with Crippen molar-refractivity contribution in [2.45, 2.75) is 12.8 Å². The van der Waals surface area contributed by atoms with Gasteiger partial charge in [0.1, 0.15) is 22.9 Å². The van der Waals surface area contributed by atoms with Gasteiger partial charge in [-0.2, -0.15) is 0 Å². The summed E-state index contributed by atoms with van der Waals surface area (Å²) >= 11 is 12.0. The van der Waals surface area contributed by atoms with Crippen molar-refractivity contribution in [1.29, 1.82) is 0 Å². The Kier molecular flexibility index (Phi) is 16.1. The van der Waals surface area contributed by atoms with Gasteiger partial charge in [0.05, 0.1) is 35.5 Å². The fraction of sp³-hybridized carbons (Fsp3) is 0.0769. The minimum atomic E-state index is -0.538. The first kappa shape index (κ1) is 52.2. The molecular formula is C52H36Cl2CuN12O8. The third-order valence-corrected chi connectivity index (χ3v) is 12.0. The summed E-state index contributed by atoms with van der Waals surface area (Å²) < 4.78 is 11.0. The van der Waals surface area contributed by atoms with Crippen molar-refractivity contribution in [3.8, 4) is 45.8 Å². The number of aromatic amines is 2. The molecule has 1 radical (unpaired) electrons. The van der Waals surface area contributed by atoms with Crippen LogP contribution in [-0.2, 0) is 29.9 Å². The van der Waals surface area contributed by atoms with Crippen molar-refractivity contribution in [2.24, 2.45) is 20.5 Å². The fourth-order valence-corrected chi connectivity index (χ4v) is 8.06. The number of rotatable bonds is 14. The molecule has 4 heterocycles. The van der Waals surface area contributed by atoms with Gasteiger partial charge in [0.15, 0.2) is 11.6 Å². The van der Waals surface area contributed by atoms with Crippen LogP contribution in [0.5, 0.6) is 23.3 Å². The Bertz CT molecular complexity index is 3550. The first-order valence-electron chi connectivity index (χ1n) is 22.1. The van der Waals surface area contributed by atoms with Gasteiger partial charge >= 0.3 is 17.1 Å². The van der Waals surface area contributed by atoms with Crippen LogP contribution in [0.15, 0.2) is 166 Å². The summed E-state index contributed by atoms with van der Waals surface area (Å²) in [6.45, 7) is 0. The van der Waals surface area contributed by atoms with Crippen LogP contribution in [0.2, 0.25) is 10.0 Å². The molecule has 0 fully saturated rings. The van der Waals surface area contributed by atoms with Crippen molar-refractivity contribution < 1.29 is 46.6 Å². The number of non-ortho nitro benzene ring substituents is 2. The van der Waals surface area contributed by atoms with Crippen LogP contribution in [0, 0.1) is 20.2 Å². The zero-order chi connectivity index (χ0) is 51.9. The number of hydrogen-bond acceptors (Lipinski definition) is 16. The molecule has 0 bridgehead atoms. The molecule has 20 nitrogen and oxygen atoms in total. The average molecular weight is 1090 g/mol. The van der Waals surface area contributed by atoms with Crippen LogP contribution in [0.3, 0.4) is 0 Å². The molecule has 0 atom stereocenters. The second-order valence-electron chi connectivity index (χ2n) is 16.1. The Morgan fingerprint density at radius 1 is 0.507 bits per heavy atom. The molecule has 0 unspecified atom stereocenters. The Morgan fingerprint density at radius 2 is 0.893 bits per heavy atom. The van der Waals surface area contributed by atoms with Gasteiger partial charge in [0.25, 0.3) is 11.4 Å². The van der Waals surface area contributed by atoms with Crippen LogP contribution in [0.25, 0.3) is 44.3 Å². The van der Waals surface area contributed by atoms with E-state index in [-0.39, 0.29) is 51.5 Å². The number of nitro groups is 2. The molecule has 10 rings (SSSR count). The Balaban J connectivity index is 0.000000197. The third-order valence-electron chi connectivity index (χ3n) is 11.5. The molecule has 2 N–H and O–H groups in total. The van der Waals surface area contributed by atoms with E-state index in [1.807, 2.05) is 84.9 Å². The Labute approximate surface area is 445 Å². The number of halogens is 2. The zero-order valence-electron chi connectivity index (χ0n) is 39.1. The molecule has 0 aliphatic rings. The zero-order valence-corrected chi connectivity index (χ0v) is 41.5. The van der Waals surface area contributed by atoms with E-state index in [1.165, 1.54) is 36.4 Å². The predicted molar refractivity (Wildman–Crippen MR) is 274 cm³/mol. The summed E-state index contributed by atoms with van der Waals surface area (Å²) in [5, 5.41) is 83.1. The van der Waals surface area contributed by atoms with Crippen molar-refractivity contribution in [3.63, 3.8) is 0 Å². The van der Waals surface area contributed by atoms with Gasteiger partial charge in [-0.05, 0) is 83.6 Å². The van der Waals surface area contributed by atoms with Crippen molar-refractivity contribution in [3.05, 3.63) is 198 Å². The average Bonchev–Trinajstić information content (AvgIpc) is 3.91. The number of hydrogen-bond donors (Lipinski definition) is 2. The molecule has 75 heavy (non-hydrogen) atoms. The monoisotopic (exact) mass is 1090 g/mol. The van der Waals surface area contributed by atoms with Crippen molar-refractivity contribution in [2.75, 3.05) is 14.2 Å². The number of aromatic nitrogens is 6. The van der Waals surface area contributed by atoms with E-state index in [1.54, 1.807) is 38.5 Å². The smallest absolute Gasteiger partial charge is 0.859 e. The minimum absolute atomic E-state index is 0. The van der Waals surface area contributed by atoms with E-state index in [0.717, 1.165) is 22.3 Å². The second-order valence-corrected chi connectivity index (χ2v) is 17.0. The first-order chi connectivity index (χ1) is 35.8. The largest absolute Gasteiger partial charge is 2.00 e. The summed E-state index contributed by atoms with van der Waals surface area (Å²) in [5.41, 5.74) is 6.41. The van der Waals surface area contributed by atoms with E-state index in [4.69, 9.17) is 32.7 Å². The second kappa shape index (κ2) is 23.2. The first-order valence-corrected chi connectivity index (χ1v) is 22.9. The van der Waals surface area contributed by atoms with Gasteiger partial charge in [-0.3, -0.25) is 20.2 Å². The van der Waals surface area contributed by atoms with Gasteiger partial charge < -0.3 is 29.7 Å². The Hall–Kier alpha value is -9.14. The van der Waals surface area contributed by atoms with Crippen LogP contribution >= 0.6 is 23.2 Å². The van der Waals surface area contributed by atoms with Crippen LogP contribution in [0.1, 0.15) is 22.3 Å². The summed E-state index contributed by atoms with van der Waals surface area (Å²) in [4.78, 5) is 26.6. The SMILES string of the molecule is COc1ccccc1Cc1cc(-c2ccc(Cl)cc2)nnc1N=Nc1c([O-])[nH]c2ccc([N+](=O)[O-])cc12.COc1ccccc1Cc1cc(-c2ccc(Cl)cc2)nnc1N=Nc1c([O-])[nH]c2ccc([N+](=O)[O-])cc12.[Cu+2]. The molecule has 0 amide bonds. The van der Waals surface area contributed by atoms with Gasteiger partial charge in [-0.1, -0.05) is 83.9 Å². The molecule has 0 aliphatic carbocycles. The maximum absolute atomic E-state index is 12.5. The van der Waals surface area contributed by atoms with Gasteiger partial charge in [-0.25, -0.2) is 0 Å². The molecule has 10 aromatic rings. The Morgan fingerprint density at radius 3 is 1.27 bits per heavy atom. The number of H-pyrrole nitrogens is 2. The molecule has 4 aromatic heterocycles. The number of para-hydroxylation sites is 2. The number of nitro benzene ring substituents is 2.